The molecule has 0 amide bonds. The third-order valence-electron chi connectivity index (χ3n) is 8.49. The van der Waals surface area contributed by atoms with Crippen LogP contribution in [0.25, 0.3) is 11.1 Å². The van der Waals surface area contributed by atoms with E-state index in [0.29, 0.717) is 0 Å². The maximum absolute atomic E-state index is 3.83. The van der Waals surface area contributed by atoms with Gasteiger partial charge in [-0.3, -0.25) is 0 Å². The van der Waals surface area contributed by atoms with Crippen molar-refractivity contribution in [3.05, 3.63) is 72.3 Å². The van der Waals surface area contributed by atoms with Crippen molar-refractivity contribution in [2.24, 2.45) is 17.8 Å². The van der Waals surface area contributed by atoms with Gasteiger partial charge in [-0.2, -0.15) is 0 Å². The molecule has 1 unspecified atom stereocenters. The van der Waals surface area contributed by atoms with Gasteiger partial charge in [-0.15, -0.1) is 6.58 Å². The third kappa shape index (κ3) is 6.15. The summed E-state index contributed by atoms with van der Waals surface area (Å²) < 4.78 is 0. The Bertz CT molecular complexity index is 812. The van der Waals surface area contributed by atoms with Crippen LogP contribution in [-0.2, 0) is 6.42 Å². The Balaban J connectivity index is 1.29. The summed E-state index contributed by atoms with van der Waals surface area (Å²) >= 11 is 0. The first-order valence-corrected chi connectivity index (χ1v) is 13.6. The average molecular weight is 429 g/mol. The van der Waals surface area contributed by atoms with Crippen molar-refractivity contribution in [3.8, 4) is 11.1 Å². The first-order chi connectivity index (χ1) is 15.8. The van der Waals surface area contributed by atoms with E-state index < -0.39 is 0 Å². The van der Waals surface area contributed by atoms with Crippen LogP contribution in [0.1, 0.15) is 101 Å². The first-order valence-electron chi connectivity index (χ1n) is 13.6. The highest BCUT2D eigenvalue weighted by molar-refractivity contribution is 5.64. The zero-order chi connectivity index (χ0) is 22.2. The van der Waals surface area contributed by atoms with Gasteiger partial charge in [-0.25, -0.2) is 0 Å². The fourth-order valence-electron chi connectivity index (χ4n) is 6.49. The van der Waals surface area contributed by atoms with E-state index in [1.165, 1.54) is 87.3 Å². The van der Waals surface area contributed by atoms with Crippen LogP contribution in [0, 0.1) is 17.8 Å². The minimum atomic E-state index is 0.785. The molecule has 2 aliphatic carbocycles. The second-order valence-electron chi connectivity index (χ2n) is 10.7. The number of benzene rings is 2. The molecule has 0 heteroatoms. The van der Waals surface area contributed by atoms with Gasteiger partial charge >= 0.3 is 0 Å². The van der Waals surface area contributed by atoms with Crippen molar-refractivity contribution in [2.45, 2.75) is 96.3 Å². The number of hydrogen-bond acceptors (Lipinski definition) is 0. The molecule has 2 aliphatic rings. The van der Waals surface area contributed by atoms with Gasteiger partial charge in [0, 0.05) is 0 Å². The molecule has 2 saturated carbocycles. The lowest BCUT2D eigenvalue weighted by molar-refractivity contribution is 0.113. The SMILES string of the molecule is C=CCCc1ccc(-c2ccc([C@@H]3CC[C@@H]4CC(CCCCCC)CC[C@@H]4C3)cc2)cc1. The van der Waals surface area contributed by atoms with Gasteiger partial charge in [-0.05, 0) is 90.9 Å². The predicted octanol–water partition coefficient (Wildman–Crippen LogP) is 9.74. The van der Waals surface area contributed by atoms with Gasteiger partial charge in [-0.1, -0.05) is 100 Å². The molecule has 0 N–H and O–H groups in total. The molecule has 0 aliphatic heterocycles. The molecule has 0 spiro atoms. The average Bonchev–Trinajstić information content (AvgIpc) is 2.85. The van der Waals surface area contributed by atoms with E-state index in [2.05, 4.69) is 62.0 Å². The van der Waals surface area contributed by atoms with Crippen LogP contribution < -0.4 is 0 Å². The van der Waals surface area contributed by atoms with E-state index in [1.54, 1.807) is 5.56 Å². The molecule has 172 valence electrons. The lowest BCUT2D eigenvalue weighted by atomic mass is 9.63. The molecular weight excluding hydrogens is 384 g/mol. The Kier molecular flexibility index (Phi) is 8.66. The minimum Gasteiger partial charge on any atom is -0.103 e. The summed E-state index contributed by atoms with van der Waals surface area (Å²) in [4.78, 5) is 0. The molecule has 0 radical (unpaired) electrons. The van der Waals surface area contributed by atoms with Crippen LogP contribution in [0.2, 0.25) is 0 Å². The summed E-state index contributed by atoms with van der Waals surface area (Å²) in [7, 11) is 0. The minimum absolute atomic E-state index is 0.785. The van der Waals surface area contributed by atoms with Gasteiger partial charge in [0.2, 0.25) is 0 Å². The second kappa shape index (κ2) is 11.9. The standard InChI is InChI=1S/C32H44/c1-3-5-7-8-10-26-13-16-32-24-31(22-21-30(32)23-26)29-19-17-28(18-20-29)27-14-11-25(12-15-27)9-6-4-2/h4,11-12,14-15,17-20,26,30-32H,2-3,5-10,13,16,21-24H2,1H3/t26?,30-,31-,32-/m1/s1. The zero-order valence-electron chi connectivity index (χ0n) is 20.4. The number of hydrogen-bond donors (Lipinski definition) is 0. The number of unbranched alkanes of at least 4 members (excludes halogenated alkanes) is 3. The van der Waals surface area contributed by atoms with E-state index >= 15 is 0 Å². The Morgan fingerprint density at radius 1 is 0.781 bits per heavy atom. The second-order valence-corrected chi connectivity index (χ2v) is 10.7. The van der Waals surface area contributed by atoms with Gasteiger partial charge in [0.15, 0.2) is 0 Å². The highest BCUT2D eigenvalue weighted by Crippen LogP contribution is 2.48. The molecule has 0 saturated heterocycles. The predicted molar refractivity (Wildman–Crippen MR) is 140 cm³/mol. The summed E-state index contributed by atoms with van der Waals surface area (Å²) in [6.07, 6.45) is 20.2. The number of rotatable bonds is 10. The maximum Gasteiger partial charge on any atom is -0.0159 e. The Morgan fingerprint density at radius 3 is 2.19 bits per heavy atom. The lowest BCUT2D eigenvalue weighted by Gasteiger charge is -2.42. The summed E-state index contributed by atoms with van der Waals surface area (Å²) in [6, 6.07) is 18.7. The van der Waals surface area contributed by atoms with E-state index in [1.807, 2.05) is 6.08 Å². The fraction of sp³-hybridized carbons (Fsp3) is 0.562. The van der Waals surface area contributed by atoms with E-state index in [-0.39, 0.29) is 0 Å². The zero-order valence-corrected chi connectivity index (χ0v) is 20.4. The topological polar surface area (TPSA) is 0 Å². The Morgan fingerprint density at radius 2 is 1.47 bits per heavy atom. The fourth-order valence-corrected chi connectivity index (χ4v) is 6.49. The lowest BCUT2D eigenvalue weighted by Crippen LogP contribution is -2.30. The van der Waals surface area contributed by atoms with Crippen molar-refractivity contribution in [2.75, 3.05) is 0 Å². The van der Waals surface area contributed by atoms with Crippen LogP contribution in [-0.4, -0.2) is 0 Å². The van der Waals surface area contributed by atoms with Crippen molar-refractivity contribution in [3.63, 3.8) is 0 Å². The summed E-state index contributed by atoms with van der Waals surface area (Å²) in [6.45, 7) is 6.15. The van der Waals surface area contributed by atoms with Crippen LogP contribution in [0.15, 0.2) is 61.2 Å². The molecule has 4 atom stereocenters. The molecule has 32 heavy (non-hydrogen) atoms. The van der Waals surface area contributed by atoms with Crippen molar-refractivity contribution < 1.29 is 0 Å². The normalized spacial score (nSPS) is 25.3. The first kappa shape index (κ1) is 23.3. The summed E-state index contributed by atoms with van der Waals surface area (Å²) in [5.74, 6) is 3.83. The molecule has 2 aromatic rings. The van der Waals surface area contributed by atoms with E-state index in [0.717, 1.165) is 36.5 Å². The van der Waals surface area contributed by atoms with Crippen LogP contribution in [0.3, 0.4) is 0 Å². The molecule has 0 aromatic heterocycles. The summed E-state index contributed by atoms with van der Waals surface area (Å²) in [5, 5.41) is 0. The molecule has 4 rings (SSSR count). The monoisotopic (exact) mass is 428 g/mol. The van der Waals surface area contributed by atoms with Gasteiger partial charge in [0.1, 0.15) is 0 Å². The summed E-state index contributed by atoms with van der Waals surface area (Å²) in [5.41, 5.74) is 5.66. The van der Waals surface area contributed by atoms with Gasteiger partial charge in [0.05, 0.1) is 0 Å². The van der Waals surface area contributed by atoms with Crippen LogP contribution in [0.4, 0.5) is 0 Å². The smallest absolute Gasteiger partial charge is 0.0159 e. The number of allylic oxidation sites excluding steroid dienone is 1. The Hall–Kier alpha value is -1.82. The molecule has 0 nitrogen and oxygen atoms in total. The quantitative estimate of drug-likeness (QED) is 0.261. The molecule has 2 aromatic carbocycles. The van der Waals surface area contributed by atoms with E-state index in [4.69, 9.17) is 0 Å². The molecular formula is C32H44. The van der Waals surface area contributed by atoms with E-state index in [9.17, 15) is 0 Å². The molecule has 2 fully saturated rings. The number of fused-ring (bicyclic) bond motifs is 1. The van der Waals surface area contributed by atoms with Gasteiger partial charge in [0.25, 0.3) is 0 Å². The van der Waals surface area contributed by atoms with Crippen molar-refractivity contribution >= 4 is 0 Å². The van der Waals surface area contributed by atoms with Crippen molar-refractivity contribution in [1.29, 1.82) is 0 Å². The third-order valence-corrected chi connectivity index (χ3v) is 8.49. The largest absolute Gasteiger partial charge is 0.103 e. The molecule has 0 bridgehead atoms. The highest BCUT2D eigenvalue weighted by Gasteiger charge is 2.35. The maximum atomic E-state index is 3.83. The van der Waals surface area contributed by atoms with Crippen molar-refractivity contribution in [1.82, 2.24) is 0 Å². The highest BCUT2D eigenvalue weighted by atomic mass is 14.4. The number of aryl methyl sites for hydroxylation is 1. The molecule has 0 heterocycles. The van der Waals surface area contributed by atoms with Gasteiger partial charge < -0.3 is 0 Å². The van der Waals surface area contributed by atoms with Crippen LogP contribution >= 0.6 is 0 Å². The van der Waals surface area contributed by atoms with Crippen LogP contribution in [0.5, 0.6) is 0 Å². The Labute approximate surface area is 197 Å².